The predicted molar refractivity (Wildman–Crippen MR) is 46.1 cm³/mol. The zero-order chi connectivity index (χ0) is 7.40. The van der Waals surface area contributed by atoms with Crippen LogP contribution < -0.4 is 5.32 Å². The van der Waals surface area contributed by atoms with Crippen molar-refractivity contribution in [2.45, 2.75) is 12.5 Å². The van der Waals surface area contributed by atoms with Crippen molar-refractivity contribution in [3.05, 3.63) is 0 Å². The van der Waals surface area contributed by atoms with E-state index in [1.807, 2.05) is 0 Å². The summed E-state index contributed by atoms with van der Waals surface area (Å²) in [5, 5.41) is 12.5. The molecule has 0 aromatic heterocycles. The van der Waals surface area contributed by atoms with Gasteiger partial charge in [-0.15, -0.1) is 12.4 Å². The van der Waals surface area contributed by atoms with Crippen LogP contribution in [0, 0.1) is 5.92 Å². The lowest BCUT2D eigenvalue weighted by Crippen LogP contribution is -2.42. The lowest BCUT2D eigenvalue weighted by Gasteiger charge is -2.27. The number of ether oxygens (including phenoxy) is 1. The fraction of sp³-hybridized carbons (Fsp3) is 1.00. The van der Waals surface area contributed by atoms with Gasteiger partial charge in [0, 0.05) is 19.6 Å². The Morgan fingerprint density at radius 3 is 2.91 bits per heavy atom. The molecule has 3 nitrogen and oxygen atoms in total. The maximum atomic E-state index is 9.36. The Bertz CT molecular complexity index is 100. The summed E-state index contributed by atoms with van der Waals surface area (Å²) in [4.78, 5) is 0. The Morgan fingerprint density at radius 2 is 2.36 bits per heavy atom. The number of β-amino-alcohol motifs (C(OH)–C–C–N with tert-alkyl or cyclic N) is 1. The number of hydrogen-bond acceptors (Lipinski definition) is 3. The minimum atomic E-state index is -0.214. The first-order valence-electron chi connectivity index (χ1n) is 3.72. The first-order valence-corrected chi connectivity index (χ1v) is 3.72. The topological polar surface area (TPSA) is 41.5 Å². The van der Waals surface area contributed by atoms with E-state index in [2.05, 4.69) is 5.32 Å². The summed E-state index contributed by atoms with van der Waals surface area (Å²) in [6.45, 7) is 2.40. The molecule has 0 amide bonds. The SMILES string of the molecule is COC[C@H]1CCNC[C@H]1O.Cl. The number of aliphatic hydroxyl groups is 1. The Kier molecular flexibility index (Phi) is 5.86. The highest BCUT2D eigenvalue weighted by Gasteiger charge is 2.21. The zero-order valence-electron chi connectivity index (χ0n) is 6.75. The van der Waals surface area contributed by atoms with Crippen LogP contribution >= 0.6 is 12.4 Å². The molecule has 2 atom stereocenters. The zero-order valence-corrected chi connectivity index (χ0v) is 7.56. The van der Waals surface area contributed by atoms with E-state index in [4.69, 9.17) is 4.74 Å². The highest BCUT2D eigenvalue weighted by atomic mass is 35.5. The molecule has 0 spiro atoms. The molecular weight excluding hydrogens is 166 g/mol. The first-order chi connectivity index (χ1) is 4.84. The molecule has 1 saturated heterocycles. The fourth-order valence-electron chi connectivity index (χ4n) is 1.30. The summed E-state index contributed by atoms with van der Waals surface area (Å²) in [5.74, 6) is 0.339. The van der Waals surface area contributed by atoms with Crippen LogP contribution in [0.15, 0.2) is 0 Å². The molecule has 11 heavy (non-hydrogen) atoms. The summed E-state index contributed by atoms with van der Waals surface area (Å²) < 4.78 is 4.96. The van der Waals surface area contributed by atoms with Crippen molar-refractivity contribution in [2.24, 2.45) is 5.92 Å². The highest BCUT2D eigenvalue weighted by molar-refractivity contribution is 5.85. The van der Waals surface area contributed by atoms with E-state index < -0.39 is 0 Å². The fourth-order valence-corrected chi connectivity index (χ4v) is 1.30. The van der Waals surface area contributed by atoms with Gasteiger partial charge in [-0.25, -0.2) is 0 Å². The number of halogens is 1. The average molecular weight is 182 g/mol. The Hall–Kier alpha value is 0.170. The number of nitrogens with one attached hydrogen (secondary N) is 1. The van der Waals surface area contributed by atoms with Crippen LogP contribution in [0.25, 0.3) is 0 Å². The second kappa shape index (κ2) is 5.77. The van der Waals surface area contributed by atoms with Gasteiger partial charge < -0.3 is 15.2 Å². The lowest BCUT2D eigenvalue weighted by molar-refractivity contribution is 0.0296. The van der Waals surface area contributed by atoms with Crippen molar-refractivity contribution in [3.63, 3.8) is 0 Å². The molecule has 4 heteroatoms. The van der Waals surface area contributed by atoms with Crippen LogP contribution in [0.5, 0.6) is 0 Å². The van der Waals surface area contributed by atoms with Crippen molar-refractivity contribution in [1.82, 2.24) is 5.32 Å². The van der Waals surface area contributed by atoms with Gasteiger partial charge in [0.25, 0.3) is 0 Å². The van der Waals surface area contributed by atoms with Crippen LogP contribution in [-0.2, 0) is 4.74 Å². The number of aliphatic hydroxyl groups excluding tert-OH is 1. The minimum absolute atomic E-state index is 0. The molecule has 2 N–H and O–H groups in total. The van der Waals surface area contributed by atoms with Gasteiger partial charge in [0.05, 0.1) is 12.7 Å². The van der Waals surface area contributed by atoms with Gasteiger partial charge in [-0.1, -0.05) is 0 Å². The van der Waals surface area contributed by atoms with Gasteiger partial charge in [0.2, 0.25) is 0 Å². The third kappa shape index (κ3) is 3.38. The molecule has 68 valence electrons. The Balaban J connectivity index is 0.000001000. The van der Waals surface area contributed by atoms with E-state index >= 15 is 0 Å². The average Bonchev–Trinajstić information content (AvgIpc) is 1.94. The molecule has 0 bridgehead atoms. The van der Waals surface area contributed by atoms with Crippen LogP contribution in [0.3, 0.4) is 0 Å². The van der Waals surface area contributed by atoms with Crippen molar-refractivity contribution >= 4 is 12.4 Å². The minimum Gasteiger partial charge on any atom is -0.391 e. The molecule has 1 aliphatic heterocycles. The summed E-state index contributed by atoms with van der Waals surface area (Å²) >= 11 is 0. The predicted octanol–water partition coefficient (Wildman–Crippen LogP) is 0.0250. The van der Waals surface area contributed by atoms with E-state index in [-0.39, 0.29) is 18.5 Å². The summed E-state index contributed by atoms with van der Waals surface area (Å²) in [6.07, 6.45) is 0.809. The Labute approximate surface area is 73.5 Å². The van der Waals surface area contributed by atoms with E-state index in [0.29, 0.717) is 19.1 Å². The quantitative estimate of drug-likeness (QED) is 0.632. The van der Waals surface area contributed by atoms with Crippen molar-refractivity contribution < 1.29 is 9.84 Å². The second-order valence-electron chi connectivity index (χ2n) is 2.78. The second-order valence-corrected chi connectivity index (χ2v) is 2.78. The lowest BCUT2D eigenvalue weighted by atomic mass is 9.96. The van der Waals surface area contributed by atoms with E-state index in [9.17, 15) is 5.11 Å². The number of hydrogen-bond donors (Lipinski definition) is 2. The molecule has 1 heterocycles. The monoisotopic (exact) mass is 181 g/mol. The molecule has 0 saturated carbocycles. The first kappa shape index (κ1) is 11.2. The third-order valence-electron chi connectivity index (χ3n) is 1.97. The Morgan fingerprint density at radius 1 is 1.64 bits per heavy atom. The molecule has 1 fully saturated rings. The third-order valence-corrected chi connectivity index (χ3v) is 1.97. The largest absolute Gasteiger partial charge is 0.391 e. The van der Waals surface area contributed by atoms with Crippen LogP contribution in [0.4, 0.5) is 0 Å². The maximum Gasteiger partial charge on any atom is 0.0715 e. The van der Waals surface area contributed by atoms with E-state index in [1.54, 1.807) is 7.11 Å². The molecule has 0 aromatic rings. The smallest absolute Gasteiger partial charge is 0.0715 e. The van der Waals surface area contributed by atoms with Gasteiger partial charge in [-0.2, -0.15) is 0 Å². The normalized spacial score (nSPS) is 31.1. The highest BCUT2D eigenvalue weighted by Crippen LogP contribution is 2.11. The van der Waals surface area contributed by atoms with Crippen LogP contribution in [0.1, 0.15) is 6.42 Å². The standard InChI is InChI=1S/C7H15NO2.ClH/c1-10-5-6-2-3-8-4-7(6)9;/h6-9H,2-5H2,1H3;1H/t6-,7-;/m1./s1. The molecule has 0 aromatic carbocycles. The summed E-state index contributed by atoms with van der Waals surface area (Å²) in [5.41, 5.74) is 0. The molecule has 1 aliphatic rings. The van der Waals surface area contributed by atoms with Crippen molar-refractivity contribution in [3.8, 4) is 0 Å². The number of piperidine rings is 1. The van der Waals surface area contributed by atoms with E-state index in [0.717, 1.165) is 13.0 Å². The molecule has 0 unspecified atom stereocenters. The summed E-state index contributed by atoms with van der Waals surface area (Å²) in [7, 11) is 1.68. The molecular formula is C7H16ClNO2. The van der Waals surface area contributed by atoms with Gasteiger partial charge in [0.15, 0.2) is 0 Å². The molecule has 0 aliphatic carbocycles. The summed E-state index contributed by atoms with van der Waals surface area (Å²) in [6, 6.07) is 0. The van der Waals surface area contributed by atoms with Crippen molar-refractivity contribution in [1.29, 1.82) is 0 Å². The van der Waals surface area contributed by atoms with Gasteiger partial charge in [-0.05, 0) is 13.0 Å². The van der Waals surface area contributed by atoms with Crippen LogP contribution in [0.2, 0.25) is 0 Å². The van der Waals surface area contributed by atoms with E-state index in [1.165, 1.54) is 0 Å². The molecule has 0 radical (unpaired) electrons. The van der Waals surface area contributed by atoms with Crippen LogP contribution in [-0.4, -0.2) is 38.0 Å². The van der Waals surface area contributed by atoms with Gasteiger partial charge in [-0.3, -0.25) is 0 Å². The maximum absolute atomic E-state index is 9.36. The molecule has 1 rings (SSSR count). The van der Waals surface area contributed by atoms with Gasteiger partial charge in [0.1, 0.15) is 0 Å². The number of methoxy groups -OCH3 is 1. The van der Waals surface area contributed by atoms with Crippen molar-refractivity contribution in [2.75, 3.05) is 26.8 Å². The van der Waals surface area contributed by atoms with Gasteiger partial charge >= 0.3 is 0 Å². The number of rotatable bonds is 2.